The number of likely N-dealkylation sites (tertiary alicyclic amines) is 1. The monoisotopic (exact) mass is 337 g/mol. The second-order valence-corrected chi connectivity index (χ2v) is 6.54. The molecule has 0 aliphatic carbocycles. The molecule has 0 aromatic heterocycles. The van der Waals surface area contributed by atoms with Crippen LogP contribution in [0.15, 0.2) is 54.6 Å². The molecule has 1 aliphatic rings. The summed E-state index contributed by atoms with van der Waals surface area (Å²) >= 11 is 0. The minimum Gasteiger partial charge on any atom is -0.467 e. The Bertz CT molecular complexity index is 711. The van der Waals surface area contributed by atoms with Gasteiger partial charge in [0, 0.05) is 18.7 Å². The molecular weight excluding hydrogens is 310 g/mol. The lowest BCUT2D eigenvalue weighted by Crippen LogP contribution is -2.34. The van der Waals surface area contributed by atoms with E-state index >= 15 is 0 Å². The molecule has 0 amide bonds. The molecule has 25 heavy (non-hydrogen) atoms. The fourth-order valence-corrected chi connectivity index (χ4v) is 3.38. The van der Waals surface area contributed by atoms with Crippen LogP contribution in [0, 0.1) is 0 Å². The van der Waals surface area contributed by atoms with Gasteiger partial charge in [-0.15, -0.1) is 0 Å². The summed E-state index contributed by atoms with van der Waals surface area (Å²) in [5.74, 6) is 0.847. The number of nitrogens with zero attached hydrogens (tertiary/aromatic N) is 1. The largest absolute Gasteiger partial charge is 0.467 e. The van der Waals surface area contributed by atoms with Crippen LogP contribution < -0.4 is 4.74 Å². The van der Waals surface area contributed by atoms with Crippen molar-refractivity contribution in [1.29, 1.82) is 0 Å². The van der Waals surface area contributed by atoms with Gasteiger partial charge in [0.25, 0.3) is 0 Å². The van der Waals surface area contributed by atoms with E-state index in [1.54, 1.807) is 7.11 Å². The van der Waals surface area contributed by atoms with Crippen molar-refractivity contribution in [1.82, 2.24) is 4.90 Å². The Morgan fingerprint density at radius 2 is 1.80 bits per heavy atom. The molecule has 3 heteroatoms. The lowest BCUT2D eigenvalue weighted by molar-refractivity contribution is 0.0515. The zero-order chi connectivity index (χ0) is 17.5. The summed E-state index contributed by atoms with van der Waals surface area (Å²) < 4.78 is 10.8. The van der Waals surface area contributed by atoms with Crippen molar-refractivity contribution >= 4 is 6.08 Å². The van der Waals surface area contributed by atoms with Crippen molar-refractivity contribution in [3.63, 3.8) is 0 Å². The minimum absolute atomic E-state index is 0.252. The molecule has 1 aliphatic heterocycles. The zero-order valence-corrected chi connectivity index (χ0v) is 15.2. The SMILES string of the molecule is COCOc1ccccc1-c1ccccc1C=CC1CCCCN1C. The van der Waals surface area contributed by atoms with E-state index in [-0.39, 0.29) is 6.79 Å². The molecule has 1 atom stereocenters. The van der Waals surface area contributed by atoms with Crippen LogP contribution >= 0.6 is 0 Å². The van der Waals surface area contributed by atoms with Crippen LogP contribution in [0.1, 0.15) is 24.8 Å². The van der Waals surface area contributed by atoms with E-state index in [0.717, 1.165) is 11.3 Å². The number of rotatable bonds is 6. The van der Waals surface area contributed by atoms with Crippen molar-refractivity contribution in [2.45, 2.75) is 25.3 Å². The molecule has 0 spiro atoms. The Hall–Kier alpha value is -2.10. The highest BCUT2D eigenvalue weighted by molar-refractivity contribution is 5.79. The van der Waals surface area contributed by atoms with Crippen molar-refractivity contribution in [2.24, 2.45) is 0 Å². The molecule has 0 radical (unpaired) electrons. The topological polar surface area (TPSA) is 21.7 Å². The van der Waals surface area contributed by atoms with Crippen LogP contribution in [0.5, 0.6) is 5.75 Å². The van der Waals surface area contributed by atoms with E-state index in [4.69, 9.17) is 9.47 Å². The molecule has 1 unspecified atom stereocenters. The first-order chi connectivity index (χ1) is 12.3. The van der Waals surface area contributed by atoms with Gasteiger partial charge in [-0.2, -0.15) is 0 Å². The van der Waals surface area contributed by atoms with E-state index in [2.05, 4.69) is 54.4 Å². The highest BCUT2D eigenvalue weighted by Crippen LogP contribution is 2.33. The number of para-hydroxylation sites is 1. The molecule has 2 aromatic carbocycles. The molecular formula is C22H27NO2. The second kappa shape index (κ2) is 8.84. The van der Waals surface area contributed by atoms with E-state index in [0.29, 0.717) is 6.04 Å². The fourth-order valence-electron chi connectivity index (χ4n) is 3.38. The summed E-state index contributed by atoms with van der Waals surface area (Å²) in [7, 11) is 3.86. The van der Waals surface area contributed by atoms with Gasteiger partial charge in [-0.25, -0.2) is 0 Å². The Balaban J connectivity index is 1.89. The standard InChI is InChI=1S/C22H27NO2/c1-23-16-8-7-10-19(23)15-14-18-9-3-4-11-20(18)21-12-5-6-13-22(21)25-17-24-2/h3-6,9,11-15,19H,7-8,10,16-17H2,1-2H3. The van der Waals surface area contributed by atoms with Gasteiger partial charge in [-0.1, -0.05) is 61.0 Å². The second-order valence-electron chi connectivity index (χ2n) is 6.54. The van der Waals surface area contributed by atoms with Crippen LogP contribution in [-0.2, 0) is 4.74 Å². The number of piperidine rings is 1. The summed E-state index contributed by atoms with van der Waals surface area (Å²) in [4.78, 5) is 2.44. The van der Waals surface area contributed by atoms with Gasteiger partial charge in [0.1, 0.15) is 5.75 Å². The molecule has 1 saturated heterocycles. The van der Waals surface area contributed by atoms with Crippen molar-refractivity contribution in [3.05, 3.63) is 60.2 Å². The molecule has 0 saturated carbocycles. The van der Waals surface area contributed by atoms with E-state index < -0.39 is 0 Å². The van der Waals surface area contributed by atoms with Crippen molar-refractivity contribution in [3.8, 4) is 16.9 Å². The molecule has 3 nitrogen and oxygen atoms in total. The van der Waals surface area contributed by atoms with Crippen LogP contribution in [0.3, 0.4) is 0 Å². The predicted octanol–water partition coefficient (Wildman–Crippen LogP) is 4.83. The minimum atomic E-state index is 0.252. The quantitative estimate of drug-likeness (QED) is 0.705. The number of likely N-dealkylation sites (N-methyl/N-ethyl adjacent to an activating group) is 1. The van der Waals surface area contributed by atoms with Gasteiger partial charge in [0.05, 0.1) is 0 Å². The highest BCUT2D eigenvalue weighted by Gasteiger charge is 2.16. The summed E-state index contributed by atoms with van der Waals surface area (Å²) in [5, 5.41) is 0. The molecule has 0 bridgehead atoms. The van der Waals surface area contributed by atoms with Gasteiger partial charge in [-0.05, 0) is 43.6 Å². The highest BCUT2D eigenvalue weighted by atomic mass is 16.7. The van der Waals surface area contributed by atoms with Crippen LogP contribution in [0.25, 0.3) is 17.2 Å². The lowest BCUT2D eigenvalue weighted by Gasteiger charge is -2.30. The van der Waals surface area contributed by atoms with Crippen LogP contribution in [0.4, 0.5) is 0 Å². The van der Waals surface area contributed by atoms with Gasteiger partial charge in [0.2, 0.25) is 0 Å². The smallest absolute Gasteiger partial charge is 0.188 e. The van der Waals surface area contributed by atoms with Crippen molar-refractivity contribution < 1.29 is 9.47 Å². The summed E-state index contributed by atoms with van der Waals surface area (Å²) in [5.41, 5.74) is 3.50. The zero-order valence-electron chi connectivity index (χ0n) is 15.2. The molecule has 2 aromatic rings. The van der Waals surface area contributed by atoms with E-state index in [9.17, 15) is 0 Å². The summed E-state index contributed by atoms with van der Waals surface area (Å²) in [6, 6.07) is 17.1. The first kappa shape index (κ1) is 17.7. The van der Waals surface area contributed by atoms with Crippen LogP contribution in [-0.4, -0.2) is 38.4 Å². The average molecular weight is 337 g/mol. The van der Waals surface area contributed by atoms with Gasteiger partial charge in [0.15, 0.2) is 6.79 Å². The van der Waals surface area contributed by atoms with E-state index in [1.807, 2.05) is 18.2 Å². The third-order valence-corrected chi connectivity index (χ3v) is 4.80. The number of benzene rings is 2. The molecule has 1 heterocycles. The van der Waals surface area contributed by atoms with Crippen molar-refractivity contribution in [2.75, 3.05) is 27.5 Å². The fraction of sp³-hybridized carbons (Fsp3) is 0.364. The average Bonchev–Trinajstić information content (AvgIpc) is 2.66. The summed E-state index contributed by atoms with van der Waals surface area (Å²) in [6.07, 6.45) is 8.46. The number of methoxy groups -OCH3 is 1. The Morgan fingerprint density at radius 1 is 1.04 bits per heavy atom. The van der Waals surface area contributed by atoms with Gasteiger partial charge in [-0.3, -0.25) is 4.90 Å². The summed E-state index contributed by atoms with van der Waals surface area (Å²) in [6.45, 7) is 1.44. The lowest BCUT2D eigenvalue weighted by atomic mass is 9.96. The first-order valence-corrected chi connectivity index (χ1v) is 8.98. The number of ether oxygens (including phenoxy) is 2. The Morgan fingerprint density at radius 3 is 2.60 bits per heavy atom. The van der Waals surface area contributed by atoms with Gasteiger partial charge >= 0.3 is 0 Å². The van der Waals surface area contributed by atoms with Gasteiger partial charge < -0.3 is 9.47 Å². The number of hydrogen-bond donors (Lipinski definition) is 0. The van der Waals surface area contributed by atoms with E-state index in [1.165, 1.54) is 36.9 Å². The normalized spacial score (nSPS) is 18.6. The molecule has 132 valence electrons. The number of hydrogen-bond acceptors (Lipinski definition) is 3. The van der Waals surface area contributed by atoms with Crippen LogP contribution in [0.2, 0.25) is 0 Å². The third kappa shape index (κ3) is 4.50. The molecule has 0 N–H and O–H groups in total. The maximum absolute atomic E-state index is 5.75. The Kier molecular flexibility index (Phi) is 6.26. The maximum Gasteiger partial charge on any atom is 0.188 e. The Labute approximate surface area is 150 Å². The first-order valence-electron chi connectivity index (χ1n) is 8.98. The molecule has 1 fully saturated rings. The maximum atomic E-state index is 5.75. The molecule has 3 rings (SSSR count). The predicted molar refractivity (Wildman–Crippen MR) is 104 cm³/mol. The third-order valence-electron chi connectivity index (χ3n) is 4.80.